The van der Waals surface area contributed by atoms with Gasteiger partial charge in [0.05, 0.1) is 39.6 Å². The van der Waals surface area contributed by atoms with E-state index < -0.39 is 285 Å². The van der Waals surface area contributed by atoms with Crippen LogP contribution in [0.25, 0.3) is 0 Å². The zero-order valence-corrected chi connectivity index (χ0v) is 51.8. The third kappa shape index (κ3) is 15.5. The maximum atomic E-state index is 12.1. The van der Waals surface area contributed by atoms with Crippen molar-refractivity contribution in [1.82, 2.24) is 0 Å². The smallest absolute Gasteiger partial charge is 0.187 e. The summed E-state index contributed by atoms with van der Waals surface area (Å²) in [5, 5.41) is 250. The van der Waals surface area contributed by atoms with E-state index in [4.69, 9.17) is 75.8 Å². The second-order valence-electron chi connectivity index (χ2n) is 25.2. The minimum absolute atomic E-state index is 0.246. The van der Waals surface area contributed by atoms with E-state index in [1.807, 2.05) is 0 Å². The molecule has 40 heteroatoms. The normalized spacial score (nSPS) is 50.8. The monoisotopic (exact) mass is 1420 g/mol. The fourth-order valence-electron chi connectivity index (χ4n) is 13.4. The molecule has 0 spiro atoms. The van der Waals surface area contributed by atoms with Crippen molar-refractivity contribution in [2.24, 2.45) is 0 Å². The first-order chi connectivity index (χ1) is 46.9. The number of aliphatic hydroxyl groups is 22. The summed E-state index contributed by atoms with van der Waals surface area (Å²) in [6.45, 7) is -6.85. The molecule has 30 saturated heterocycles. The largest absolute Gasteiger partial charge is 0.394 e. The van der Waals surface area contributed by atoms with E-state index in [-0.39, 0.29) is 13.1 Å². The quantitative estimate of drug-likeness (QED) is 0.0982. The van der Waals surface area contributed by atoms with Crippen LogP contribution in [-0.2, 0) is 88.9 Å². The number of nitrogens with zero attached hydrogens (tertiary/aromatic N) is 2. The molecule has 40 atom stereocenters. The van der Waals surface area contributed by atoms with Crippen LogP contribution in [0, 0.1) is 0 Å². The number of aliphatic hydroxyl groups excluding tert-OH is 22. The van der Waals surface area contributed by atoms with E-state index in [9.17, 15) is 112 Å². The van der Waals surface area contributed by atoms with E-state index in [0.29, 0.717) is 0 Å². The summed E-state index contributed by atoms with van der Waals surface area (Å²) in [4.78, 5) is 0. The lowest BCUT2D eigenvalue weighted by Crippen LogP contribution is -2.69. The highest BCUT2D eigenvalue weighted by Gasteiger charge is 2.61. The van der Waals surface area contributed by atoms with Gasteiger partial charge in [-0.25, -0.2) is 9.13 Å². The predicted octanol–water partition coefficient (Wildman–Crippen LogP) is -15.4. The van der Waals surface area contributed by atoms with E-state index in [1.54, 1.807) is 70.3 Å². The summed E-state index contributed by atoms with van der Waals surface area (Å²) in [5.41, 5.74) is 0. The van der Waals surface area contributed by atoms with E-state index >= 15 is 0 Å². The lowest BCUT2D eigenvalue weighted by molar-refractivity contribution is -0.709. The molecule has 16 bridgehead atoms. The second kappa shape index (κ2) is 32.8. The molecule has 0 radical (unpaired) electrons. The van der Waals surface area contributed by atoms with Crippen LogP contribution in [0.3, 0.4) is 0 Å². The molecule has 32 rings (SSSR count). The van der Waals surface area contributed by atoms with Crippen LogP contribution < -0.4 is 9.13 Å². The van der Waals surface area contributed by atoms with Crippen LogP contribution in [0.1, 0.15) is 0 Å². The molecular weight excluding hydrogens is 1330 g/mol. The van der Waals surface area contributed by atoms with Crippen molar-refractivity contribution in [3.8, 4) is 0 Å². The van der Waals surface area contributed by atoms with Gasteiger partial charge in [-0.15, -0.1) is 0 Å². The number of hydrogen-bond donors (Lipinski definition) is 22. The predicted molar refractivity (Wildman–Crippen MR) is 300 cm³/mol. The molecule has 0 aromatic carbocycles. The van der Waals surface area contributed by atoms with Gasteiger partial charge in [0.1, 0.15) is 195 Å². The van der Waals surface area contributed by atoms with Crippen molar-refractivity contribution >= 4 is 0 Å². The summed E-state index contributed by atoms with van der Waals surface area (Å²) in [5.74, 6) is 0. The molecular formula is C58H88N2O38+2. The Hall–Kier alpha value is -3.22. The first kappa shape index (κ1) is 75.9. The fourth-order valence-corrected chi connectivity index (χ4v) is 13.4. The Kier molecular flexibility index (Phi) is 25.4. The maximum absolute atomic E-state index is 12.1. The number of hydrogen-bond acceptors (Lipinski definition) is 38. The molecule has 2 aromatic heterocycles. The molecule has 0 unspecified atom stereocenters. The Morgan fingerprint density at radius 1 is 0.184 bits per heavy atom. The molecule has 40 nitrogen and oxygen atoms in total. The molecule has 0 aliphatic carbocycles. The maximum Gasteiger partial charge on any atom is 0.187 e. The van der Waals surface area contributed by atoms with Crippen LogP contribution in [0.4, 0.5) is 0 Å². The Bertz CT molecular complexity index is 2720. The molecule has 556 valence electrons. The van der Waals surface area contributed by atoms with Crippen molar-refractivity contribution in [3.05, 3.63) is 61.2 Å². The number of aromatic nitrogens is 2. The molecule has 30 aliphatic heterocycles. The Labute approximate surface area is 555 Å². The first-order valence-electron chi connectivity index (χ1n) is 31.8. The molecule has 32 heterocycles. The van der Waals surface area contributed by atoms with E-state index in [0.717, 1.165) is 0 Å². The summed E-state index contributed by atoms with van der Waals surface area (Å²) >= 11 is 0. The van der Waals surface area contributed by atoms with Gasteiger partial charge in [0, 0.05) is 24.3 Å². The molecule has 98 heavy (non-hydrogen) atoms. The van der Waals surface area contributed by atoms with Crippen LogP contribution in [0.2, 0.25) is 0 Å². The number of ether oxygens (including phenoxy) is 16. The highest BCUT2D eigenvalue weighted by atomic mass is 16.8. The zero-order chi connectivity index (χ0) is 70.3. The SMILES string of the molecule is OC[C@@H]1O[C@@H]2O[C@H]3[C@H](O)[C@@H](O)[C@@H](O[C@H]4[C@H](O)[C@@H](O)[C@@H](O[C@H]5[C@H](O)[C@@H](O)[C@@H](O[C@H]6[C@@H](O)[C@H](O)[C@@H](O[C@H]7[C@H](O)[C@@H](O)[C@@H](O[C@H]8[C@@H](O)[C@H](O)[C@@H](O[C@H]9[C@H](O)[C@H](O)[C@@H](O[C@H]1[C@H](O)[C@H]2O)O[C@@H]9CO)O[C@@H]8CO)O[C@@H]7CO)O[C@@H]6C[n+]1ccccc1)O[C@H]5C[n+]1ccccc1)O[C@H]4CO)O[C@H]3CO. The molecule has 30 fully saturated rings. The average molecular weight is 1420 g/mol. The van der Waals surface area contributed by atoms with Crippen LogP contribution >= 0.6 is 0 Å². The molecule has 2 aromatic rings. The third-order valence-electron chi connectivity index (χ3n) is 18.9. The Morgan fingerprint density at radius 2 is 0.327 bits per heavy atom. The molecule has 22 N–H and O–H groups in total. The fraction of sp³-hybridized carbons (Fsp3) is 0.828. The van der Waals surface area contributed by atoms with Gasteiger partial charge >= 0.3 is 0 Å². The summed E-state index contributed by atoms with van der Waals surface area (Å²) < 4.78 is 97.9. The summed E-state index contributed by atoms with van der Waals surface area (Å²) in [6.07, 6.45) is -73.5. The van der Waals surface area contributed by atoms with Crippen LogP contribution in [-0.4, -0.2) is 398 Å². The van der Waals surface area contributed by atoms with Gasteiger partial charge in [-0.1, -0.05) is 12.1 Å². The minimum Gasteiger partial charge on any atom is -0.394 e. The van der Waals surface area contributed by atoms with E-state index in [2.05, 4.69) is 0 Å². The number of pyridine rings is 2. The molecule has 30 aliphatic rings. The van der Waals surface area contributed by atoms with Gasteiger partial charge in [0.2, 0.25) is 0 Å². The van der Waals surface area contributed by atoms with Crippen LogP contribution in [0.15, 0.2) is 61.2 Å². The summed E-state index contributed by atoms with van der Waals surface area (Å²) in [6, 6.07) is 9.88. The lowest BCUT2D eigenvalue weighted by Gasteiger charge is -2.50. The highest BCUT2D eigenvalue weighted by Crippen LogP contribution is 2.40. The van der Waals surface area contributed by atoms with Gasteiger partial charge in [0.15, 0.2) is 88.2 Å². The van der Waals surface area contributed by atoms with Gasteiger partial charge in [0.25, 0.3) is 0 Å². The van der Waals surface area contributed by atoms with Gasteiger partial charge < -0.3 is 188 Å². The second-order valence-corrected chi connectivity index (χ2v) is 25.2. The standard InChI is InChI=1S/C58H88N2O38/c61-13-21-45-30(70)38(78)54(86-21)95-47-23(15-63)88-56(40(80)32(47)72)97-49-25(17-65)90-58(42(82)34(49)74)98-50-26(18-66)89-57(41(81)33(50)73)96-48-24(16-64)87-55(39(79)31(48)71)94-46-22(14-62)85-53(37(77)29(46)69)92-44-20(12-60-9-5-2-6-10-60)83-51(35(75)27(44)67)91-43-19(11-59-7-3-1-4-8-59)84-52(93-45)36(76)28(43)68/h1-10,19-58,61-82H,11-18H2/q+2/t19-,20+,21-,22+,23-,24+,25-,26+,27-,28+,29-,30-,31-,32+,33-,34-,35-,36+,37-,38-,39-,40+,41-,42+,43-,44-,45-,46-,47-,48-,49-,50-,51-,52-,53-,54-,55-,56-,57-,58-/m1/s1. The van der Waals surface area contributed by atoms with Gasteiger partial charge in [-0.2, -0.15) is 0 Å². The lowest BCUT2D eigenvalue weighted by atomic mass is 9.94. The summed E-state index contributed by atoms with van der Waals surface area (Å²) in [7, 11) is 0. The third-order valence-corrected chi connectivity index (χ3v) is 18.9. The minimum atomic E-state index is -2.24. The average Bonchev–Trinajstić information content (AvgIpc) is 0.779. The van der Waals surface area contributed by atoms with E-state index in [1.165, 1.54) is 0 Å². The number of rotatable bonds is 10. The van der Waals surface area contributed by atoms with Gasteiger partial charge in [-0.05, 0) is 0 Å². The topological polar surface area (TPSA) is 601 Å². The Morgan fingerprint density at radius 3 is 0.480 bits per heavy atom. The first-order valence-corrected chi connectivity index (χ1v) is 31.8. The van der Waals surface area contributed by atoms with Crippen molar-refractivity contribution in [1.29, 1.82) is 0 Å². The van der Waals surface area contributed by atoms with Crippen LogP contribution in [0.5, 0.6) is 0 Å². The van der Waals surface area contributed by atoms with Crippen molar-refractivity contribution in [2.45, 2.75) is 259 Å². The highest BCUT2D eigenvalue weighted by molar-refractivity contribution is 5.03. The zero-order valence-electron chi connectivity index (χ0n) is 51.8. The Balaban J connectivity index is 0.889. The molecule has 0 saturated carbocycles. The van der Waals surface area contributed by atoms with Crippen molar-refractivity contribution in [3.63, 3.8) is 0 Å². The van der Waals surface area contributed by atoms with Crippen molar-refractivity contribution < 1.29 is 197 Å². The van der Waals surface area contributed by atoms with Crippen molar-refractivity contribution in [2.75, 3.05) is 39.6 Å². The molecule has 0 amide bonds. The van der Waals surface area contributed by atoms with Gasteiger partial charge in [-0.3, -0.25) is 0 Å².